The van der Waals surface area contributed by atoms with Crippen LogP contribution in [0.1, 0.15) is 32.1 Å². The molecule has 1 fully saturated rings. The molecule has 1 aromatic rings. The zero-order chi connectivity index (χ0) is 9.80. The van der Waals surface area contributed by atoms with Gasteiger partial charge in [-0.2, -0.15) is 4.37 Å². The maximum atomic E-state index is 9.88. The van der Waals surface area contributed by atoms with E-state index >= 15 is 0 Å². The van der Waals surface area contributed by atoms with Crippen LogP contribution in [0.3, 0.4) is 0 Å². The highest BCUT2D eigenvalue weighted by atomic mass is 32.2. The fourth-order valence-electron chi connectivity index (χ4n) is 1.74. The summed E-state index contributed by atoms with van der Waals surface area (Å²) in [7, 11) is 0. The van der Waals surface area contributed by atoms with Crippen molar-refractivity contribution in [3.8, 4) is 0 Å². The summed E-state index contributed by atoms with van der Waals surface area (Å²) in [4.78, 5) is 4.13. The maximum absolute atomic E-state index is 9.88. The second kappa shape index (κ2) is 5.09. The van der Waals surface area contributed by atoms with Crippen molar-refractivity contribution in [2.24, 2.45) is 0 Å². The van der Waals surface area contributed by atoms with Gasteiger partial charge in [0.2, 0.25) is 0 Å². The highest BCUT2D eigenvalue weighted by Crippen LogP contribution is 2.33. The van der Waals surface area contributed by atoms with Crippen LogP contribution in [0.5, 0.6) is 0 Å². The molecule has 5 heteroatoms. The van der Waals surface area contributed by atoms with Gasteiger partial charge in [0.1, 0.15) is 6.33 Å². The van der Waals surface area contributed by atoms with E-state index in [1.54, 1.807) is 18.1 Å². The minimum Gasteiger partial charge on any atom is -0.392 e. The molecule has 1 aliphatic carbocycles. The molecule has 0 aromatic carbocycles. The van der Waals surface area contributed by atoms with E-state index in [-0.39, 0.29) is 6.10 Å². The second-order valence-electron chi connectivity index (χ2n) is 3.57. The molecule has 0 bridgehead atoms. The van der Waals surface area contributed by atoms with Crippen LogP contribution in [0, 0.1) is 0 Å². The van der Waals surface area contributed by atoms with E-state index in [4.69, 9.17) is 0 Å². The van der Waals surface area contributed by atoms with Crippen molar-refractivity contribution in [3.05, 3.63) is 6.33 Å². The van der Waals surface area contributed by atoms with Crippen molar-refractivity contribution in [1.82, 2.24) is 9.36 Å². The second-order valence-corrected chi connectivity index (χ2v) is 5.84. The summed E-state index contributed by atoms with van der Waals surface area (Å²) in [5.74, 6) is 0. The summed E-state index contributed by atoms with van der Waals surface area (Å²) < 4.78 is 4.95. The third-order valence-corrected chi connectivity index (χ3v) is 4.64. The number of thioether (sulfide) groups is 1. The molecular weight excluding hydrogens is 216 g/mol. The molecule has 0 saturated heterocycles. The number of aliphatic hydroxyl groups is 1. The monoisotopic (exact) mass is 230 g/mol. The number of hydrogen-bond donors (Lipinski definition) is 1. The topological polar surface area (TPSA) is 46.0 Å². The lowest BCUT2D eigenvalue weighted by Crippen LogP contribution is -2.20. The molecule has 2 unspecified atom stereocenters. The lowest BCUT2D eigenvalue weighted by Gasteiger charge is -2.17. The van der Waals surface area contributed by atoms with Gasteiger partial charge in [-0.05, 0) is 24.4 Å². The Morgan fingerprint density at radius 1 is 1.36 bits per heavy atom. The average Bonchev–Trinajstić information content (AvgIpc) is 2.60. The van der Waals surface area contributed by atoms with Crippen LogP contribution in [-0.4, -0.2) is 25.8 Å². The predicted molar refractivity (Wildman–Crippen MR) is 58.6 cm³/mol. The van der Waals surface area contributed by atoms with Crippen molar-refractivity contribution in [2.45, 2.75) is 47.8 Å². The highest BCUT2D eigenvalue weighted by molar-refractivity contribution is 8.01. The number of aromatic nitrogens is 2. The molecular formula is C9H14N2OS2. The number of rotatable bonds is 2. The van der Waals surface area contributed by atoms with Gasteiger partial charge in [0.25, 0.3) is 0 Å². The molecule has 0 spiro atoms. The van der Waals surface area contributed by atoms with Crippen LogP contribution in [0.4, 0.5) is 0 Å². The lowest BCUT2D eigenvalue weighted by molar-refractivity contribution is 0.163. The number of aliphatic hydroxyl groups excluding tert-OH is 1. The SMILES string of the molecule is OC1CCCCCC1Sc1ncns1. The third kappa shape index (κ3) is 2.68. The number of nitrogens with zero attached hydrogens (tertiary/aromatic N) is 2. The Kier molecular flexibility index (Phi) is 3.78. The standard InChI is InChI=1S/C9H14N2OS2/c12-7-4-2-1-3-5-8(7)13-9-10-6-11-14-9/h6-8,12H,1-5H2. The van der Waals surface area contributed by atoms with Gasteiger partial charge in [-0.25, -0.2) is 4.98 Å². The first-order chi connectivity index (χ1) is 6.86. The Hall–Kier alpha value is -0.130. The van der Waals surface area contributed by atoms with Gasteiger partial charge in [-0.15, -0.1) is 0 Å². The molecule has 0 aliphatic heterocycles. The van der Waals surface area contributed by atoms with Crippen molar-refractivity contribution in [2.75, 3.05) is 0 Å². The molecule has 0 radical (unpaired) electrons. The minimum absolute atomic E-state index is 0.161. The van der Waals surface area contributed by atoms with E-state index in [9.17, 15) is 5.11 Å². The van der Waals surface area contributed by atoms with Crippen LogP contribution in [0.15, 0.2) is 10.7 Å². The van der Waals surface area contributed by atoms with E-state index in [2.05, 4.69) is 9.36 Å². The predicted octanol–water partition coefficient (Wildman–Crippen LogP) is 2.32. The molecule has 78 valence electrons. The van der Waals surface area contributed by atoms with E-state index in [0.717, 1.165) is 23.6 Å². The molecule has 1 aromatic heterocycles. The summed E-state index contributed by atoms with van der Waals surface area (Å²) in [5.41, 5.74) is 0. The van der Waals surface area contributed by atoms with E-state index in [1.165, 1.54) is 24.4 Å². The molecule has 2 atom stereocenters. The van der Waals surface area contributed by atoms with Crippen molar-refractivity contribution < 1.29 is 5.11 Å². The first-order valence-corrected chi connectivity index (χ1v) is 6.63. The van der Waals surface area contributed by atoms with Crippen molar-refractivity contribution >= 4 is 23.3 Å². The van der Waals surface area contributed by atoms with E-state index in [0.29, 0.717) is 5.25 Å². The van der Waals surface area contributed by atoms with Gasteiger partial charge < -0.3 is 5.11 Å². The average molecular weight is 230 g/mol. The lowest BCUT2D eigenvalue weighted by atomic mass is 10.1. The molecule has 2 rings (SSSR count). The Labute approximate surface area is 92.1 Å². The molecule has 0 amide bonds. The van der Waals surface area contributed by atoms with Crippen LogP contribution in [0.2, 0.25) is 0 Å². The summed E-state index contributed by atoms with van der Waals surface area (Å²) in [5, 5.41) is 10.2. The Bertz CT molecular complexity index is 266. The number of hydrogen-bond acceptors (Lipinski definition) is 5. The summed E-state index contributed by atoms with van der Waals surface area (Å²) in [6.07, 6.45) is 7.11. The molecule has 1 heterocycles. The Balaban J connectivity index is 1.94. The largest absolute Gasteiger partial charge is 0.392 e. The molecule has 1 aliphatic rings. The van der Waals surface area contributed by atoms with Gasteiger partial charge in [0.05, 0.1) is 6.10 Å². The van der Waals surface area contributed by atoms with Crippen LogP contribution in [0.25, 0.3) is 0 Å². The molecule has 1 N–H and O–H groups in total. The maximum Gasteiger partial charge on any atom is 0.170 e. The van der Waals surface area contributed by atoms with Gasteiger partial charge in [0, 0.05) is 5.25 Å². The van der Waals surface area contributed by atoms with Crippen LogP contribution >= 0.6 is 23.3 Å². The first-order valence-electron chi connectivity index (χ1n) is 4.97. The minimum atomic E-state index is -0.161. The third-order valence-electron chi connectivity index (χ3n) is 2.51. The van der Waals surface area contributed by atoms with Crippen LogP contribution in [-0.2, 0) is 0 Å². The van der Waals surface area contributed by atoms with Gasteiger partial charge in [0.15, 0.2) is 4.34 Å². The van der Waals surface area contributed by atoms with E-state index in [1.807, 2.05) is 0 Å². The van der Waals surface area contributed by atoms with Gasteiger partial charge in [-0.1, -0.05) is 31.0 Å². The normalized spacial score (nSPS) is 28.6. The van der Waals surface area contributed by atoms with Crippen molar-refractivity contribution in [1.29, 1.82) is 0 Å². The molecule has 3 nitrogen and oxygen atoms in total. The zero-order valence-corrected chi connectivity index (χ0v) is 9.56. The fraction of sp³-hybridized carbons (Fsp3) is 0.778. The van der Waals surface area contributed by atoms with Crippen LogP contribution < -0.4 is 0 Å². The quantitative estimate of drug-likeness (QED) is 0.792. The summed E-state index contributed by atoms with van der Waals surface area (Å²) >= 11 is 3.10. The zero-order valence-electron chi connectivity index (χ0n) is 7.93. The van der Waals surface area contributed by atoms with Gasteiger partial charge in [-0.3, -0.25) is 0 Å². The fourth-order valence-corrected chi connectivity index (χ4v) is 3.63. The molecule has 1 saturated carbocycles. The molecule has 14 heavy (non-hydrogen) atoms. The van der Waals surface area contributed by atoms with Gasteiger partial charge >= 0.3 is 0 Å². The van der Waals surface area contributed by atoms with E-state index < -0.39 is 0 Å². The summed E-state index contributed by atoms with van der Waals surface area (Å²) in [6, 6.07) is 0. The smallest absolute Gasteiger partial charge is 0.170 e. The highest BCUT2D eigenvalue weighted by Gasteiger charge is 2.23. The Morgan fingerprint density at radius 3 is 3.00 bits per heavy atom. The first kappa shape index (κ1) is 10.4. The summed E-state index contributed by atoms with van der Waals surface area (Å²) in [6.45, 7) is 0. The van der Waals surface area contributed by atoms with Crippen molar-refractivity contribution in [3.63, 3.8) is 0 Å². The Morgan fingerprint density at radius 2 is 2.21 bits per heavy atom.